The molecule has 72 valence electrons. The molecule has 0 spiro atoms. The minimum absolute atomic E-state index is 0.0567. The van der Waals surface area contributed by atoms with Crippen molar-refractivity contribution >= 4 is 11.8 Å². The minimum atomic E-state index is -0.563. The number of nitrogens with one attached hydrogen (secondary N) is 1. The summed E-state index contributed by atoms with van der Waals surface area (Å²) in [4.78, 5) is 24.6. The molecule has 2 saturated heterocycles. The number of fused-ring (bicyclic) bond motifs is 1. The highest BCUT2D eigenvalue weighted by atomic mass is 16.2. The van der Waals surface area contributed by atoms with E-state index in [2.05, 4.69) is 5.32 Å². The molecular formula is C8H13N3O2. The molecule has 2 rings (SSSR count). The number of amides is 2. The molecule has 3 N–H and O–H groups in total. The Kier molecular flexibility index (Phi) is 1.95. The van der Waals surface area contributed by atoms with Crippen molar-refractivity contribution in [3.63, 3.8) is 0 Å². The Hall–Kier alpha value is -1.10. The van der Waals surface area contributed by atoms with E-state index in [9.17, 15) is 9.59 Å². The molecule has 0 saturated carbocycles. The predicted molar refractivity (Wildman–Crippen MR) is 45.7 cm³/mol. The van der Waals surface area contributed by atoms with Crippen molar-refractivity contribution in [3.8, 4) is 0 Å². The lowest BCUT2D eigenvalue weighted by Gasteiger charge is -2.21. The van der Waals surface area contributed by atoms with Crippen molar-refractivity contribution < 1.29 is 9.59 Å². The molecule has 0 bridgehead atoms. The number of rotatable bonds is 0. The monoisotopic (exact) mass is 183 g/mol. The van der Waals surface area contributed by atoms with Crippen molar-refractivity contribution in [2.75, 3.05) is 13.1 Å². The van der Waals surface area contributed by atoms with Crippen LogP contribution in [0, 0.1) is 0 Å². The van der Waals surface area contributed by atoms with E-state index in [1.54, 1.807) is 4.90 Å². The van der Waals surface area contributed by atoms with Crippen LogP contribution in [0.25, 0.3) is 0 Å². The van der Waals surface area contributed by atoms with Crippen molar-refractivity contribution in [2.45, 2.75) is 24.9 Å². The standard InChI is InChI=1S/C8H13N3O2/c9-5-4-10-7(12)6-2-1-3-11(6)8(5)13/h5-6H,1-4,9H2,(H,10,12). The first-order valence-electron chi connectivity index (χ1n) is 4.54. The van der Waals surface area contributed by atoms with Crippen LogP contribution in [-0.2, 0) is 9.59 Å². The van der Waals surface area contributed by atoms with Crippen LogP contribution in [-0.4, -0.2) is 41.9 Å². The highest BCUT2D eigenvalue weighted by molar-refractivity contribution is 5.92. The Bertz CT molecular complexity index is 254. The Morgan fingerprint density at radius 2 is 2.23 bits per heavy atom. The third-order valence-corrected chi connectivity index (χ3v) is 2.65. The van der Waals surface area contributed by atoms with E-state index in [-0.39, 0.29) is 24.4 Å². The summed E-state index contributed by atoms with van der Waals surface area (Å²) in [6.07, 6.45) is 1.67. The summed E-state index contributed by atoms with van der Waals surface area (Å²) >= 11 is 0. The largest absolute Gasteiger partial charge is 0.352 e. The summed E-state index contributed by atoms with van der Waals surface area (Å²) in [5, 5.41) is 2.67. The van der Waals surface area contributed by atoms with Crippen molar-refractivity contribution in [1.29, 1.82) is 0 Å². The number of nitrogens with zero attached hydrogens (tertiary/aromatic N) is 1. The van der Waals surface area contributed by atoms with E-state index in [0.717, 1.165) is 12.8 Å². The fourth-order valence-corrected chi connectivity index (χ4v) is 1.93. The smallest absolute Gasteiger partial charge is 0.242 e. The second kappa shape index (κ2) is 2.99. The zero-order valence-corrected chi connectivity index (χ0v) is 7.32. The second-order valence-corrected chi connectivity index (χ2v) is 3.54. The number of hydrogen-bond acceptors (Lipinski definition) is 3. The molecule has 13 heavy (non-hydrogen) atoms. The lowest BCUT2D eigenvalue weighted by Crippen LogP contribution is -2.46. The van der Waals surface area contributed by atoms with Gasteiger partial charge in [0.25, 0.3) is 0 Å². The first kappa shape index (κ1) is 8.50. The minimum Gasteiger partial charge on any atom is -0.352 e. The Morgan fingerprint density at radius 1 is 1.46 bits per heavy atom. The van der Waals surface area contributed by atoms with Gasteiger partial charge in [-0.05, 0) is 12.8 Å². The van der Waals surface area contributed by atoms with Crippen molar-refractivity contribution in [3.05, 3.63) is 0 Å². The third-order valence-electron chi connectivity index (χ3n) is 2.65. The summed E-state index contributed by atoms with van der Waals surface area (Å²) in [6, 6.07) is -0.826. The summed E-state index contributed by atoms with van der Waals surface area (Å²) in [7, 11) is 0. The quantitative estimate of drug-likeness (QED) is 0.476. The van der Waals surface area contributed by atoms with Gasteiger partial charge >= 0.3 is 0 Å². The summed E-state index contributed by atoms with van der Waals surface area (Å²) in [6.45, 7) is 0.940. The van der Waals surface area contributed by atoms with Gasteiger partial charge in [0, 0.05) is 13.1 Å². The van der Waals surface area contributed by atoms with Gasteiger partial charge in [0.15, 0.2) is 0 Å². The van der Waals surface area contributed by atoms with Gasteiger partial charge in [-0.25, -0.2) is 0 Å². The zero-order valence-electron chi connectivity index (χ0n) is 7.32. The molecule has 2 aliphatic heterocycles. The maximum atomic E-state index is 11.6. The lowest BCUT2D eigenvalue weighted by atomic mass is 10.2. The van der Waals surface area contributed by atoms with E-state index >= 15 is 0 Å². The fourth-order valence-electron chi connectivity index (χ4n) is 1.93. The summed E-state index contributed by atoms with van der Waals surface area (Å²) in [5.41, 5.74) is 5.59. The number of hydrogen-bond donors (Lipinski definition) is 2. The fraction of sp³-hybridized carbons (Fsp3) is 0.750. The summed E-state index contributed by atoms with van der Waals surface area (Å²) in [5.74, 6) is -0.153. The molecule has 2 atom stereocenters. The van der Waals surface area contributed by atoms with E-state index < -0.39 is 6.04 Å². The highest BCUT2D eigenvalue weighted by Gasteiger charge is 2.38. The van der Waals surface area contributed by atoms with Gasteiger partial charge in [-0.1, -0.05) is 0 Å². The van der Waals surface area contributed by atoms with Crippen LogP contribution in [0.1, 0.15) is 12.8 Å². The molecule has 5 nitrogen and oxygen atoms in total. The predicted octanol–water partition coefficient (Wildman–Crippen LogP) is -1.57. The van der Waals surface area contributed by atoms with Gasteiger partial charge in [-0.15, -0.1) is 0 Å². The molecule has 2 heterocycles. The number of carbonyl (C=O) groups excluding carboxylic acids is 2. The van der Waals surface area contributed by atoms with Gasteiger partial charge in [-0.3, -0.25) is 9.59 Å². The Labute approximate surface area is 76.3 Å². The van der Waals surface area contributed by atoms with Crippen LogP contribution in [0.4, 0.5) is 0 Å². The van der Waals surface area contributed by atoms with Gasteiger partial charge in [0.2, 0.25) is 11.8 Å². The molecule has 0 aromatic carbocycles. The molecule has 0 aromatic rings. The van der Waals surface area contributed by atoms with Crippen LogP contribution < -0.4 is 11.1 Å². The molecule has 2 amide bonds. The molecule has 5 heteroatoms. The van der Waals surface area contributed by atoms with Crippen LogP contribution in [0.2, 0.25) is 0 Å². The van der Waals surface area contributed by atoms with E-state index in [1.165, 1.54) is 0 Å². The molecule has 2 aliphatic rings. The SMILES string of the molecule is NC1CNC(=O)C2CCCN2C1=O. The molecule has 2 unspecified atom stereocenters. The van der Waals surface area contributed by atoms with E-state index in [1.807, 2.05) is 0 Å². The van der Waals surface area contributed by atoms with Gasteiger partial charge < -0.3 is 16.0 Å². The maximum Gasteiger partial charge on any atom is 0.242 e. The average molecular weight is 183 g/mol. The van der Waals surface area contributed by atoms with Crippen LogP contribution in [0.5, 0.6) is 0 Å². The maximum absolute atomic E-state index is 11.6. The highest BCUT2D eigenvalue weighted by Crippen LogP contribution is 2.19. The van der Waals surface area contributed by atoms with Crippen LogP contribution in [0.15, 0.2) is 0 Å². The Balaban J connectivity index is 2.24. The third kappa shape index (κ3) is 1.29. The molecule has 0 radical (unpaired) electrons. The van der Waals surface area contributed by atoms with Crippen LogP contribution >= 0.6 is 0 Å². The number of carbonyl (C=O) groups is 2. The van der Waals surface area contributed by atoms with Crippen molar-refractivity contribution in [2.24, 2.45) is 5.73 Å². The van der Waals surface area contributed by atoms with Crippen LogP contribution in [0.3, 0.4) is 0 Å². The van der Waals surface area contributed by atoms with Gasteiger partial charge in [0.1, 0.15) is 12.1 Å². The lowest BCUT2D eigenvalue weighted by molar-refractivity contribution is -0.136. The first-order chi connectivity index (χ1) is 6.20. The molecule has 0 aliphatic carbocycles. The normalized spacial score (nSPS) is 34.1. The summed E-state index contributed by atoms with van der Waals surface area (Å²) < 4.78 is 0. The van der Waals surface area contributed by atoms with E-state index in [4.69, 9.17) is 5.73 Å². The zero-order chi connectivity index (χ0) is 9.42. The van der Waals surface area contributed by atoms with Crippen molar-refractivity contribution in [1.82, 2.24) is 10.2 Å². The number of nitrogens with two attached hydrogens (primary N) is 1. The average Bonchev–Trinajstić information content (AvgIpc) is 2.57. The second-order valence-electron chi connectivity index (χ2n) is 3.54. The van der Waals surface area contributed by atoms with Gasteiger partial charge in [0.05, 0.1) is 0 Å². The molecular weight excluding hydrogens is 170 g/mol. The molecule has 2 fully saturated rings. The van der Waals surface area contributed by atoms with Gasteiger partial charge in [-0.2, -0.15) is 0 Å². The topological polar surface area (TPSA) is 75.4 Å². The van der Waals surface area contributed by atoms with E-state index in [0.29, 0.717) is 6.54 Å². The molecule has 0 aromatic heterocycles. The first-order valence-corrected chi connectivity index (χ1v) is 4.54. The Morgan fingerprint density at radius 3 is 3.00 bits per heavy atom.